The number of nitrogens with one attached hydrogen (secondary N) is 2. The van der Waals surface area contributed by atoms with Gasteiger partial charge < -0.3 is 10.6 Å². The predicted molar refractivity (Wildman–Crippen MR) is 112 cm³/mol. The number of anilines is 1. The van der Waals surface area contributed by atoms with Crippen LogP contribution in [-0.4, -0.2) is 38.3 Å². The van der Waals surface area contributed by atoms with Crippen molar-refractivity contribution in [3.05, 3.63) is 64.2 Å². The van der Waals surface area contributed by atoms with Crippen LogP contribution in [0.5, 0.6) is 0 Å². The van der Waals surface area contributed by atoms with Gasteiger partial charge in [0.05, 0.1) is 16.3 Å². The molecule has 150 valence electrons. The Kier molecular flexibility index (Phi) is 7.21. The van der Waals surface area contributed by atoms with Gasteiger partial charge in [-0.15, -0.1) is 0 Å². The van der Waals surface area contributed by atoms with Gasteiger partial charge in [-0.1, -0.05) is 41.4 Å². The van der Waals surface area contributed by atoms with E-state index < -0.39 is 27.7 Å². The SMILES string of the molecule is Cc1ccc(NC(=O)[C@@H](CCS(C)(=O)=O)NC(=O)c2ccccc2Cl)c(C)c1. The van der Waals surface area contributed by atoms with Crippen LogP contribution in [0.4, 0.5) is 5.69 Å². The van der Waals surface area contributed by atoms with E-state index in [1.54, 1.807) is 24.3 Å². The van der Waals surface area contributed by atoms with Gasteiger partial charge in [0.25, 0.3) is 5.91 Å². The molecule has 2 amide bonds. The molecule has 0 aliphatic heterocycles. The van der Waals surface area contributed by atoms with Crippen molar-refractivity contribution in [2.45, 2.75) is 26.3 Å². The molecule has 0 spiro atoms. The second-order valence-electron chi connectivity index (χ2n) is 6.73. The molecule has 2 aromatic carbocycles. The summed E-state index contributed by atoms with van der Waals surface area (Å²) in [7, 11) is -3.31. The van der Waals surface area contributed by atoms with Crippen LogP contribution in [0.1, 0.15) is 27.9 Å². The first-order valence-corrected chi connectivity index (χ1v) is 11.1. The van der Waals surface area contributed by atoms with Crippen molar-refractivity contribution in [1.29, 1.82) is 0 Å². The molecule has 0 heterocycles. The molecule has 2 aromatic rings. The largest absolute Gasteiger partial charge is 0.340 e. The molecule has 0 radical (unpaired) electrons. The van der Waals surface area contributed by atoms with E-state index >= 15 is 0 Å². The number of halogens is 1. The highest BCUT2D eigenvalue weighted by Gasteiger charge is 2.24. The number of hydrogen-bond donors (Lipinski definition) is 2. The Morgan fingerprint density at radius 2 is 1.79 bits per heavy atom. The lowest BCUT2D eigenvalue weighted by Gasteiger charge is -2.19. The molecule has 6 nitrogen and oxygen atoms in total. The van der Waals surface area contributed by atoms with E-state index in [1.807, 2.05) is 26.0 Å². The maximum Gasteiger partial charge on any atom is 0.253 e. The first-order valence-electron chi connectivity index (χ1n) is 8.68. The third-order valence-electron chi connectivity index (χ3n) is 4.16. The number of benzene rings is 2. The van der Waals surface area contributed by atoms with Crippen molar-refractivity contribution in [2.24, 2.45) is 0 Å². The first kappa shape index (κ1) is 21.9. The first-order chi connectivity index (χ1) is 13.1. The summed E-state index contributed by atoms with van der Waals surface area (Å²) in [6.45, 7) is 3.80. The van der Waals surface area contributed by atoms with E-state index in [9.17, 15) is 18.0 Å². The van der Waals surface area contributed by atoms with Crippen molar-refractivity contribution in [3.63, 3.8) is 0 Å². The Morgan fingerprint density at radius 3 is 2.39 bits per heavy atom. The van der Waals surface area contributed by atoms with Gasteiger partial charge in [0.15, 0.2) is 0 Å². The highest BCUT2D eigenvalue weighted by molar-refractivity contribution is 7.90. The Balaban J connectivity index is 2.21. The summed E-state index contributed by atoms with van der Waals surface area (Å²) in [6.07, 6.45) is 1.04. The van der Waals surface area contributed by atoms with Crippen LogP contribution in [-0.2, 0) is 14.6 Å². The number of carbonyl (C=O) groups is 2. The van der Waals surface area contributed by atoms with Crippen LogP contribution in [0.25, 0.3) is 0 Å². The molecular weight excluding hydrogens is 400 g/mol. The average molecular weight is 423 g/mol. The van der Waals surface area contributed by atoms with Gasteiger partial charge in [-0.25, -0.2) is 8.42 Å². The fraction of sp³-hybridized carbons (Fsp3) is 0.300. The Bertz CT molecular complexity index is 989. The molecule has 0 fully saturated rings. The van der Waals surface area contributed by atoms with E-state index in [-0.39, 0.29) is 22.8 Å². The zero-order valence-electron chi connectivity index (χ0n) is 16.0. The van der Waals surface area contributed by atoms with Gasteiger partial charge >= 0.3 is 0 Å². The van der Waals surface area contributed by atoms with E-state index in [2.05, 4.69) is 10.6 Å². The summed E-state index contributed by atoms with van der Waals surface area (Å²) >= 11 is 6.04. The molecule has 0 unspecified atom stereocenters. The van der Waals surface area contributed by atoms with Gasteiger partial charge in [0.1, 0.15) is 15.9 Å². The lowest BCUT2D eigenvalue weighted by atomic mass is 10.1. The van der Waals surface area contributed by atoms with Gasteiger partial charge in [0.2, 0.25) is 5.91 Å². The monoisotopic (exact) mass is 422 g/mol. The van der Waals surface area contributed by atoms with Crippen LogP contribution < -0.4 is 10.6 Å². The van der Waals surface area contributed by atoms with Crippen LogP contribution in [0.2, 0.25) is 5.02 Å². The average Bonchev–Trinajstić information content (AvgIpc) is 2.60. The summed E-state index contributed by atoms with van der Waals surface area (Å²) < 4.78 is 23.1. The van der Waals surface area contributed by atoms with Crippen molar-refractivity contribution in [3.8, 4) is 0 Å². The normalized spacial score (nSPS) is 12.3. The quantitative estimate of drug-likeness (QED) is 0.716. The van der Waals surface area contributed by atoms with E-state index in [1.165, 1.54) is 6.07 Å². The molecule has 0 saturated heterocycles. The second kappa shape index (κ2) is 9.21. The molecule has 28 heavy (non-hydrogen) atoms. The zero-order valence-corrected chi connectivity index (χ0v) is 17.5. The molecular formula is C20H23ClN2O4S. The summed E-state index contributed by atoms with van der Waals surface area (Å²) in [5, 5.41) is 5.61. The molecule has 1 atom stereocenters. The van der Waals surface area contributed by atoms with Gasteiger partial charge in [0, 0.05) is 11.9 Å². The van der Waals surface area contributed by atoms with E-state index in [4.69, 9.17) is 11.6 Å². The summed E-state index contributed by atoms with van der Waals surface area (Å²) in [4.78, 5) is 25.3. The maximum absolute atomic E-state index is 12.8. The molecule has 0 aliphatic carbocycles. The highest BCUT2D eigenvalue weighted by Crippen LogP contribution is 2.18. The van der Waals surface area contributed by atoms with Gasteiger partial charge in [-0.2, -0.15) is 0 Å². The Morgan fingerprint density at radius 1 is 1.11 bits per heavy atom. The van der Waals surface area contributed by atoms with E-state index in [0.29, 0.717) is 5.69 Å². The van der Waals surface area contributed by atoms with Crippen molar-refractivity contribution in [1.82, 2.24) is 5.32 Å². The van der Waals surface area contributed by atoms with Crippen molar-refractivity contribution < 1.29 is 18.0 Å². The molecule has 0 bridgehead atoms. The van der Waals surface area contributed by atoms with Crippen molar-refractivity contribution in [2.75, 3.05) is 17.3 Å². The second-order valence-corrected chi connectivity index (χ2v) is 9.40. The van der Waals surface area contributed by atoms with Crippen LogP contribution >= 0.6 is 11.6 Å². The predicted octanol–water partition coefficient (Wildman–Crippen LogP) is 3.13. The fourth-order valence-electron chi connectivity index (χ4n) is 2.66. The fourth-order valence-corrected chi connectivity index (χ4v) is 3.54. The minimum atomic E-state index is -3.31. The third-order valence-corrected chi connectivity index (χ3v) is 5.46. The van der Waals surface area contributed by atoms with Crippen molar-refractivity contribution >= 4 is 38.9 Å². The lowest BCUT2D eigenvalue weighted by molar-refractivity contribution is -0.118. The summed E-state index contributed by atoms with van der Waals surface area (Å²) in [6, 6.07) is 11.0. The number of aryl methyl sites for hydroxylation is 2. The number of rotatable bonds is 7. The molecule has 0 saturated carbocycles. The Hall–Kier alpha value is -2.38. The minimum Gasteiger partial charge on any atom is -0.340 e. The third kappa shape index (κ3) is 6.35. The molecule has 0 aromatic heterocycles. The number of sulfone groups is 1. The van der Waals surface area contributed by atoms with E-state index in [0.717, 1.165) is 17.4 Å². The lowest BCUT2D eigenvalue weighted by Crippen LogP contribution is -2.45. The van der Waals surface area contributed by atoms with Crippen LogP contribution in [0.3, 0.4) is 0 Å². The standard InChI is InChI=1S/C20H23ClN2O4S/c1-13-8-9-17(14(2)12-13)22-20(25)18(10-11-28(3,26)27)23-19(24)15-6-4-5-7-16(15)21/h4-9,12,18H,10-11H2,1-3H3,(H,22,25)(H,23,24)/t18-/m1/s1. The molecule has 2 rings (SSSR count). The van der Waals surface area contributed by atoms with Gasteiger partial charge in [-0.3, -0.25) is 9.59 Å². The number of carbonyl (C=O) groups excluding carboxylic acids is 2. The molecule has 8 heteroatoms. The topological polar surface area (TPSA) is 92.3 Å². The molecule has 0 aliphatic rings. The number of hydrogen-bond acceptors (Lipinski definition) is 4. The smallest absolute Gasteiger partial charge is 0.253 e. The van der Waals surface area contributed by atoms with Crippen LogP contribution in [0, 0.1) is 13.8 Å². The molecule has 2 N–H and O–H groups in total. The minimum absolute atomic E-state index is 0.0498. The highest BCUT2D eigenvalue weighted by atomic mass is 35.5. The Labute approximate surface area is 170 Å². The zero-order chi connectivity index (χ0) is 20.9. The van der Waals surface area contributed by atoms with Gasteiger partial charge in [-0.05, 0) is 44.0 Å². The van der Waals surface area contributed by atoms with Crippen LogP contribution in [0.15, 0.2) is 42.5 Å². The number of amides is 2. The summed E-state index contributed by atoms with van der Waals surface area (Å²) in [5.74, 6) is -1.27. The summed E-state index contributed by atoms with van der Waals surface area (Å²) in [5.41, 5.74) is 2.74. The maximum atomic E-state index is 12.8.